The quantitative estimate of drug-likeness (QED) is 0.659. The number of hydrogen-bond acceptors (Lipinski definition) is 4. The number of carbonyl (C=O) groups is 1. The van der Waals surface area contributed by atoms with Crippen molar-refractivity contribution < 1.29 is 18.3 Å². The number of ether oxygens (including phenoxy) is 1. The number of nitrogens with zero attached hydrogens (tertiary/aromatic N) is 1. The second-order valence-corrected chi connectivity index (χ2v) is 7.51. The summed E-state index contributed by atoms with van der Waals surface area (Å²) in [6, 6.07) is 12.5. The van der Waals surface area contributed by atoms with E-state index >= 15 is 0 Å². The molecule has 7 heteroatoms. The summed E-state index contributed by atoms with van der Waals surface area (Å²) < 4.78 is 31.8. The monoisotopic (exact) mass is 417 g/mol. The van der Waals surface area contributed by atoms with Crippen molar-refractivity contribution >= 4 is 5.91 Å². The highest BCUT2D eigenvalue weighted by Gasteiger charge is 2.24. The third-order valence-corrected chi connectivity index (χ3v) is 5.38. The Hall–Kier alpha value is -2.35. The van der Waals surface area contributed by atoms with Crippen LogP contribution in [-0.4, -0.2) is 56.2 Å². The lowest BCUT2D eigenvalue weighted by Gasteiger charge is -2.35. The second kappa shape index (κ2) is 11.2. The maximum Gasteiger partial charge on any atom is 0.236 e. The van der Waals surface area contributed by atoms with Crippen LogP contribution in [0, 0.1) is 11.6 Å². The number of amides is 1. The van der Waals surface area contributed by atoms with Crippen molar-refractivity contribution in [3.8, 4) is 0 Å². The number of carbonyl (C=O) groups excluding carboxylic acids is 1. The zero-order chi connectivity index (χ0) is 21.3. The average molecular weight is 418 g/mol. The highest BCUT2D eigenvalue weighted by Crippen LogP contribution is 2.22. The Morgan fingerprint density at radius 2 is 1.63 bits per heavy atom. The van der Waals surface area contributed by atoms with Crippen LogP contribution in [0.2, 0.25) is 0 Å². The normalized spacial score (nSPS) is 16.8. The molecule has 2 aromatic carbocycles. The Morgan fingerprint density at radius 3 is 2.27 bits per heavy atom. The largest absolute Gasteiger partial charge is 0.379 e. The van der Waals surface area contributed by atoms with Gasteiger partial charge in [-0.15, -0.1) is 0 Å². The van der Waals surface area contributed by atoms with Gasteiger partial charge in [-0.05, 0) is 48.7 Å². The van der Waals surface area contributed by atoms with Gasteiger partial charge in [-0.1, -0.05) is 24.3 Å². The molecule has 0 aromatic heterocycles. The standard InChI is InChI=1S/C23H29F2N3O2/c1-17(23(29)26-11-10-18-2-6-20(24)7-3-18)27-16-22(28-12-14-30-15-13-28)19-4-8-21(25)9-5-19/h2-9,17,22,27H,10-16H2,1H3,(H,26,29)/t17-,22-/m0/s1. The molecule has 1 amide bonds. The van der Waals surface area contributed by atoms with Gasteiger partial charge in [-0.3, -0.25) is 9.69 Å². The van der Waals surface area contributed by atoms with E-state index in [9.17, 15) is 13.6 Å². The lowest BCUT2D eigenvalue weighted by Crippen LogP contribution is -2.48. The van der Waals surface area contributed by atoms with Crippen molar-refractivity contribution in [2.45, 2.75) is 25.4 Å². The highest BCUT2D eigenvalue weighted by molar-refractivity contribution is 5.81. The molecule has 2 N–H and O–H groups in total. The molecule has 162 valence electrons. The third kappa shape index (κ3) is 6.58. The van der Waals surface area contributed by atoms with Crippen molar-refractivity contribution in [3.63, 3.8) is 0 Å². The van der Waals surface area contributed by atoms with Crippen molar-refractivity contribution in [1.29, 1.82) is 0 Å². The average Bonchev–Trinajstić information content (AvgIpc) is 2.77. The van der Waals surface area contributed by atoms with Gasteiger partial charge in [0.15, 0.2) is 0 Å². The summed E-state index contributed by atoms with van der Waals surface area (Å²) in [5, 5.41) is 6.23. The summed E-state index contributed by atoms with van der Waals surface area (Å²) in [5.74, 6) is -0.616. The molecule has 30 heavy (non-hydrogen) atoms. The van der Waals surface area contributed by atoms with Crippen molar-refractivity contribution in [3.05, 3.63) is 71.3 Å². The molecular formula is C23H29F2N3O2. The van der Waals surface area contributed by atoms with E-state index < -0.39 is 0 Å². The summed E-state index contributed by atoms with van der Waals surface area (Å²) in [7, 11) is 0. The van der Waals surface area contributed by atoms with Gasteiger partial charge >= 0.3 is 0 Å². The molecule has 1 saturated heterocycles. The summed E-state index contributed by atoms with van der Waals surface area (Å²) in [5.41, 5.74) is 1.98. The lowest BCUT2D eigenvalue weighted by atomic mass is 10.0. The molecule has 1 aliphatic rings. The predicted molar refractivity (Wildman–Crippen MR) is 112 cm³/mol. The minimum absolute atomic E-state index is 0.0314. The molecule has 0 spiro atoms. The van der Waals surface area contributed by atoms with Crippen LogP contribution < -0.4 is 10.6 Å². The maximum absolute atomic E-state index is 13.4. The van der Waals surface area contributed by atoms with Gasteiger partial charge in [0.2, 0.25) is 5.91 Å². The van der Waals surface area contributed by atoms with Crippen LogP contribution in [0.1, 0.15) is 24.1 Å². The van der Waals surface area contributed by atoms with E-state index in [-0.39, 0.29) is 29.6 Å². The van der Waals surface area contributed by atoms with Crippen LogP contribution in [0.25, 0.3) is 0 Å². The molecule has 2 atom stereocenters. The first-order chi connectivity index (χ1) is 14.5. The van der Waals surface area contributed by atoms with Crippen molar-refractivity contribution in [2.75, 3.05) is 39.4 Å². The van der Waals surface area contributed by atoms with E-state index in [1.165, 1.54) is 24.3 Å². The molecule has 1 aliphatic heterocycles. The minimum atomic E-state index is -0.373. The van der Waals surface area contributed by atoms with Crippen LogP contribution in [0.3, 0.4) is 0 Å². The van der Waals surface area contributed by atoms with E-state index in [1.54, 1.807) is 24.3 Å². The first-order valence-corrected chi connectivity index (χ1v) is 10.4. The van der Waals surface area contributed by atoms with Gasteiger partial charge in [0.1, 0.15) is 11.6 Å². The summed E-state index contributed by atoms with van der Waals surface area (Å²) in [4.78, 5) is 14.7. The molecule has 1 heterocycles. The fourth-order valence-electron chi connectivity index (χ4n) is 3.55. The van der Waals surface area contributed by atoms with Gasteiger partial charge < -0.3 is 15.4 Å². The molecule has 2 aromatic rings. The Balaban J connectivity index is 1.51. The number of halogens is 2. The number of nitrogens with one attached hydrogen (secondary N) is 2. The number of morpholine rings is 1. The van der Waals surface area contributed by atoms with Crippen LogP contribution in [0.15, 0.2) is 48.5 Å². The first kappa shape index (κ1) is 22.3. The summed E-state index contributed by atoms with van der Waals surface area (Å²) in [6.45, 7) is 5.80. The summed E-state index contributed by atoms with van der Waals surface area (Å²) in [6.07, 6.45) is 0.644. The van der Waals surface area contributed by atoms with Crippen LogP contribution in [-0.2, 0) is 16.0 Å². The van der Waals surface area contributed by atoms with Crippen LogP contribution in [0.5, 0.6) is 0 Å². The highest BCUT2D eigenvalue weighted by atomic mass is 19.1. The predicted octanol–water partition coefficient (Wildman–Crippen LogP) is 2.68. The smallest absolute Gasteiger partial charge is 0.236 e. The van der Waals surface area contributed by atoms with Gasteiger partial charge in [0.25, 0.3) is 0 Å². The molecule has 0 unspecified atom stereocenters. The zero-order valence-electron chi connectivity index (χ0n) is 17.2. The second-order valence-electron chi connectivity index (χ2n) is 7.51. The van der Waals surface area contributed by atoms with Gasteiger partial charge in [0, 0.05) is 32.2 Å². The molecule has 1 fully saturated rings. The van der Waals surface area contributed by atoms with Crippen molar-refractivity contribution in [2.24, 2.45) is 0 Å². The minimum Gasteiger partial charge on any atom is -0.379 e. The molecule has 3 rings (SSSR count). The first-order valence-electron chi connectivity index (χ1n) is 10.4. The van der Waals surface area contributed by atoms with E-state index in [2.05, 4.69) is 15.5 Å². The number of rotatable bonds is 9. The molecule has 0 bridgehead atoms. The van der Waals surface area contributed by atoms with E-state index in [0.717, 1.165) is 24.2 Å². The fraction of sp³-hybridized carbons (Fsp3) is 0.435. The molecule has 0 radical (unpaired) electrons. The zero-order valence-corrected chi connectivity index (χ0v) is 17.2. The Kier molecular flexibility index (Phi) is 8.30. The Labute approximate surface area is 176 Å². The molecule has 0 saturated carbocycles. The van der Waals surface area contributed by atoms with Gasteiger partial charge in [-0.25, -0.2) is 8.78 Å². The number of hydrogen-bond donors (Lipinski definition) is 2. The topological polar surface area (TPSA) is 53.6 Å². The van der Waals surface area contributed by atoms with E-state index in [4.69, 9.17) is 4.74 Å². The van der Waals surface area contributed by atoms with Gasteiger partial charge in [-0.2, -0.15) is 0 Å². The molecule has 0 aliphatic carbocycles. The molecular weight excluding hydrogens is 388 g/mol. The Morgan fingerprint density at radius 1 is 1.03 bits per heavy atom. The SMILES string of the molecule is C[C@H](NC[C@@H](c1ccc(F)cc1)N1CCOCC1)C(=O)NCCc1ccc(F)cc1. The summed E-state index contributed by atoms with van der Waals surface area (Å²) >= 11 is 0. The Bertz CT molecular complexity index is 793. The van der Waals surface area contributed by atoms with E-state index in [0.29, 0.717) is 32.7 Å². The number of benzene rings is 2. The van der Waals surface area contributed by atoms with Crippen LogP contribution in [0.4, 0.5) is 8.78 Å². The fourth-order valence-corrected chi connectivity index (χ4v) is 3.55. The van der Waals surface area contributed by atoms with Crippen molar-refractivity contribution in [1.82, 2.24) is 15.5 Å². The maximum atomic E-state index is 13.4. The third-order valence-electron chi connectivity index (χ3n) is 5.38. The molecule has 5 nitrogen and oxygen atoms in total. The lowest BCUT2D eigenvalue weighted by molar-refractivity contribution is -0.122. The van der Waals surface area contributed by atoms with Gasteiger partial charge in [0.05, 0.1) is 19.3 Å². The van der Waals surface area contributed by atoms with E-state index in [1.807, 2.05) is 6.92 Å². The van der Waals surface area contributed by atoms with Crippen LogP contribution >= 0.6 is 0 Å².